The molecule has 0 radical (unpaired) electrons. The smallest absolute Gasteiger partial charge is 0.341 e. The Morgan fingerprint density at radius 3 is 2.26 bits per heavy atom. The van der Waals surface area contributed by atoms with E-state index in [1.807, 2.05) is 54.6 Å². The molecule has 0 saturated carbocycles. The van der Waals surface area contributed by atoms with Crippen molar-refractivity contribution in [2.75, 3.05) is 44.4 Å². The van der Waals surface area contributed by atoms with Gasteiger partial charge in [0, 0.05) is 24.2 Å². The van der Waals surface area contributed by atoms with Gasteiger partial charge >= 0.3 is 11.9 Å². The zero-order valence-corrected chi connectivity index (χ0v) is 19.8. The van der Waals surface area contributed by atoms with Crippen molar-refractivity contribution in [1.29, 1.82) is 0 Å². The minimum absolute atomic E-state index is 0.168. The van der Waals surface area contributed by atoms with Gasteiger partial charge in [-0.05, 0) is 25.5 Å². The van der Waals surface area contributed by atoms with E-state index < -0.39 is 11.9 Å². The molecule has 3 heterocycles. The van der Waals surface area contributed by atoms with Gasteiger partial charge in [0.15, 0.2) is 0 Å². The van der Waals surface area contributed by atoms with Gasteiger partial charge in [0.05, 0.1) is 37.6 Å². The van der Waals surface area contributed by atoms with Crippen molar-refractivity contribution in [3.8, 4) is 11.1 Å². The summed E-state index contributed by atoms with van der Waals surface area (Å²) in [5.74, 6) is -0.420. The fourth-order valence-electron chi connectivity index (χ4n) is 4.44. The van der Waals surface area contributed by atoms with Crippen molar-refractivity contribution >= 4 is 28.8 Å². The molecule has 1 aliphatic carbocycles. The first-order valence-corrected chi connectivity index (χ1v) is 11.8. The predicted octanol–water partition coefficient (Wildman–Crippen LogP) is 4.14. The minimum Gasteiger partial charge on any atom is -0.462 e. The Balaban J connectivity index is 1.89. The third-order valence-corrected chi connectivity index (χ3v) is 6.08. The van der Waals surface area contributed by atoms with Crippen LogP contribution in [0.3, 0.4) is 0 Å². The quantitative estimate of drug-likeness (QED) is 0.477. The number of aromatic nitrogens is 2. The van der Waals surface area contributed by atoms with E-state index in [2.05, 4.69) is 4.90 Å². The summed E-state index contributed by atoms with van der Waals surface area (Å²) in [6, 6.07) is 11.8. The van der Waals surface area contributed by atoms with Gasteiger partial charge in [0.2, 0.25) is 0 Å². The van der Waals surface area contributed by atoms with E-state index >= 15 is 0 Å². The number of fused-ring (bicyclic) bond motifs is 1. The lowest BCUT2D eigenvalue weighted by atomic mass is 9.98. The minimum atomic E-state index is -0.582. The summed E-state index contributed by atoms with van der Waals surface area (Å²) in [5, 5.41) is 4.95. The zero-order valence-electron chi connectivity index (χ0n) is 19.8. The maximum Gasteiger partial charge on any atom is 0.341 e. The third kappa shape index (κ3) is 4.10. The molecular formula is C27H27N3O5. The summed E-state index contributed by atoms with van der Waals surface area (Å²) in [4.78, 5) is 28.8. The van der Waals surface area contributed by atoms with E-state index in [4.69, 9.17) is 19.3 Å². The fourth-order valence-corrected chi connectivity index (χ4v) is 4.44. The average molecular weight is 474 g/mol. The van der Waals surface area contributed by atoms with Crippen LogP contribution in [0.4, 0.5) is 5.82 Å². The van der Waals surface area contributed by atoms with Crippen molar-refractivity contribution in [3.05, 3.63) is 71.4 Å². The van der Waals surface area contributed by atoms with Gasteiger partial charge in [-0.1, -0.05) is 48.6 Å². The number of nitrogens with zero attached hydrogens (tertiary/aromatic N) is 3. The molecule has 1 saturated heterocycles. The average Bonchev–Trinajstić information content (AvgIpc) is 3.19. The number of carbonyl (C=O) groups excluding carboxylic acids is 2. The molecule has 1 aromatic carbocycles. The highest BCUT2D eigenvalue weighted by atomic mass is 16.5. The van der Waals surface area contributed by atoms with Crippen LogP contribution in [-0.4, -0.2) is 61.1 Å². The topological polar surface area (TPSA) is 82.4 Å². The number of benzene rings is 1. The summed E-state index contributed by atoms with van der Waals surface area (Å²) >= 11 is 0. The largest absolute Gasteiger partial charge is 0.462 e. The number of esters is 2. The van der Waals surface area contributed by atoms with E-state index in [-0.39, 0.29) is 24.3 Å². The van der Waals surface area contributed by atoms with Crippen LogP contribution in [-0.2, 0) is 14.2 Å². The lowest BCUT2D eigenvalue weighted by Gasteiger charge is -2.28. The number of hydrogen-bond donors (Lipinski definition) is 0. The maximum atomic E-state index is 13.4. The molecule has 35 heavy (non-hydrogen) atoms. The van der Waals surface area contributed by atoms with Gasteiger partial charge in [-0.2, -0.15) is 0 Å². The molecule has 1 aliphatic heterocycles. The molecule has 3 aromatic rings. The molecule has 8 heteroatoms. The second-order valence-corrected chi connectivity index (χ2v) is 8.16. The Hall–Kier alpha value is -3.91. The van der Waals surface area contributed by atoms with Crippen LogP contribution >= 0.6 is 0 Å². The van der Waals surface area contributed by atoms with Gasteiger partial charge in [-0.3, -0.25) is 0 Å². The second kappa shape index (κ2) is 9.76. The molecule has 0 bridgehead atoms. The number of hydrogen-bond acceptors (Lipinski definition) is 7. The number of ether oxygens (including phenoxy) is 3. The Morgan fingerprint density at radius 1 is 1.00 bits per heavy atom. The van der Waals surface area contributed by atoms with Gasteiger partial charge in [0.25, 0.3) is 0 Å². The van der Waals surface area contributed by atoms with E-state index in [1.54, 1.807) is 18.4 Å². The van der Waals surface area contributed by atoms with Gasteiger partial charge in [0.1, 0.15) is 16.9 Å². The Morgan fingerprint density at radius 2 is 1.66 bits per heavy atom. The molecule has 0 spiro atoms. The summed E-state index contributed by atoms with van der Waals surface area (Å²) in [6.45, 7) is 6.44. The van der Waals surface area contributed by atoms with E-state index in [9.17, 15) is 9.59 Å². The first-order chi connectivity index (χ1) is 17.1. The van der Waals surface area contributed by atoms with Crippen LogP contribution in [0, 0.1) is 0 Å². The van der Waals surface area contributed by atoms with Crippen LogP contribution in [0.2, 0.25) is 0 Å². The van der Waals surface area contributed by atoms with E-state index in [1.165, 1.54) is 0 Å². The third-order valence-electron chi connectivity index (χ3n) is 6.08. The van der Waals surface area contributed by atoms with E-state index in [0.29, 0.717) is 37.5 Å². The fraction of sp³-hybridized carbons (Fsp3) is 0.296. The molecule has 8 nitrogen and oxygen atoms in total. The molecule has 1 fully saturated rings. The molecule has 2 aromatic heterocycles. The van der Waals surface area contributed by atoms with Crippen molar-refractivity contribution in [3.63, 3.8) is 0 Å². The number of allylic oxidation sites excluding steroid dienone is 4. The van der Waals surface area contributed by atoms with Crippen molar-refractivity contribution in [2.24, 2.45) is 0 Å². The molecule has 0 N–H and O–H groups in total. The lowest BCUT2D eigenvalue weighted by molar-refractivity contribution is 0.0481. The summed E-state index contributed by atoms with van der Waals surface area (Å²) in [5.41, 5.74) is 3.86. The van der Waals surface area contributed by atoms with Gasteiger partial charge < -0.3 is 19.1 Å². The van der Waals surface area contributed by atoms with Crippen LogP contribution in [0.25, 0.3) is 22.2 Å². The van der Waals surface area contributed by atoms with Crippen LogP contribution in [0.5, 0.6) is 0 Å². The number of rotatable bonds is 7. The highest BCUT2D eigenvalue weighted by Gasteiger charge is 2.34. The van der Waals surface area contributed by atoms with Crippen LogP contribution < -0.4 is 4.90 Å². The highest BCUT2D eigenvalue weighted by molar-refractivity contribution is 6.14. The van der Waals surface area contributed by atoms with E-state index in [0.717, 1.165) is 22.5 Å². The molecule has 2 aliphatic rings. The van der Waals surface area contributed by atoms with Crippen molar-refractivity contribution in [2.45, 2.75) is 13.8 Å². The first-order valence-electron chi connectivity index (χ1n) is 11.8. The zero-order chi connectivity index (χ0) is 24.4. The lowest BCUT2D eigenvalue weighted by Crippen LogP contribution is -2.37. The normalized spacial score (nSPS) is 15.0. The molecule has 5 rings (SSSR count). The predicted molar refractivity (Wildman–Crippen MR) is 133 cm³/mol. The molecular weight excluding hydrogens is 446 g/mol. The van der Waals surface area contributed by atoms with Crippen molar-refractivity contribution < 1.29 is 23.8 Å². The second-order valence-electron chi connectivity index (χ2n) is 8.16. The standard InChI is InChI=1S/C27H27N3O5/c1-3-34-26(31)22-23(27(32)35-4-2)25-20(18-9-6-5-7-10-18)17-21(29-13-15-33-16-14-29)28-30(25)24(22)19-11-8-12-19/h5-12,17H,3-4,13-16H2,1-2H3. The SMILES string of the molecule is CCOC(=O)c1c(C(=O)OCC)c2c(-c3ccccc3)cc(N3CCOCC3)nn2c1C1=CC=C1. The number of anilines is 1. The number of carbonyl (C=O) groups is 2. The highest BCUT2D eigenvalue weighted by Crippen LogP contribution is 2.39. The molecule has 0 atom stereocenters. The summed E-state index contributed by atoms with van der Waals surface area (Å²) in [7, 11) is 0. The molecule has 180 valence electrons. The van der Waals surface area contributed by atoms with Gasteiger partial charge in [-0.15, -0.1) is 5.10 Å². The van der Waals surface area contributed by atoms with Crippen molar-refractivity contribution in [1.82, 2.24) is 9.61 Å². The van der Waals surface area contributed by atoms with Crippen LogP contribution in [0.1, 0.15) is 40.3 Å². The monoisotopic (exact) mass is 473 g/mol. The maximum absolute atomic E-state index is 13.4. The molecule has 0 unspecified atom stereocenters. The first kappa shape index (κ1) is 22.9. The Kier molecular flexibility index (Phi) is 6.37. The number of morpholine rings is 1. The van der Waals surface area contributed by atoms with Gasteiger partial charge in [-0.25, -0.2) is 14.1 Å². The summed E-state index contributed by atoms with van der Waals surface area (Å²) in [6.07, 6.45) is 5.67. The Labute approximate surface area is 203 Å². The molecule has 0 amide bonds. The summed E-state index contributed by atoms with van der Waals surface area (Å²) < 4.78 is 18.1. The Bertz CT molecular complexity index is 1330. The van der Waals surface area contributed by atoms with Crippen LogP contribution in [0.15, 0.2) is 54.6 Å².